The highest BCUT2D eigenvalue weighted by Crippen LogP contribution is 2.30. The molecule has 0 radical (unpaired) electrons. The summed E-state index contributed by atoms with van der Waals surface area (Å²) < 4.78 is 0. The minimum Gasteiger partial charge on any atom is -0.368 e. The second-order valence-corrected chi connectivity index (χ2v) is 6.69. The summed E-state index contributed by atoms with van der Waals surface area (Å²) in [5, 5.41) is 3.78. The van der Waals surface area contributed by atoms with E-state index in [2.05, 4.69) is 42.3 Å². The fourth-order valence-corrected chi connectivity index (χ4v) is 3.91. The van der Waals surface area contributed by atoms with E-state index in [0.717, 1.165) is 19.0 Å². The summed E-state index contributed by atoms with van der Waals surface area (Å²) in [4.78, 5) is 2.61. The molecule has 2 fully saturated rings. The molecule has 1 N–H and O–H groups in total. The van der Waals surface area contributed by atoms with Gasteiger partial charge >= 0.3 is 0 Å². The van der Waals surface area contributed by atoms with Gasteiger partial charge in [-0.05, 0) is 49.8 Å². The normalized spacial score (nSPS) is 24.9. The molecule has 1 saturated heterocycles. The van der Waals surface area contributed by atoms with Crippen LogP contribution in [-0.4, -0.2) is 25.7 Å². The van der Waals surface area contributed by atoms with Crippen LogP contribution in [-0.2, 0) is 0 Å². The Balaban J connectivity index is 1.72. The number of hydrogen-bond donors (Lipinski definition) is 1. The van der Waals surface area contributed by atoms with E-state index in [4.69, 9.17) is 0 Å². The smallest absolute Gasteiger partial charge is 0.0399 e. The molecular weight excluding hydrogens is 244 g/mol. The maximum atomic E-state index is 3.78. The van der Waals surface area contributed by atoms with Gasteiger partial charge < -0.3 is 10.2 Å². The van der Waals surface area contributed by atoms with Crippen LogP contribution in [0.2, 0.25) is 0 Å². The Kier molecular flexibility index (Phi) is 4.30. The van der Waals surface area contributed by atoms with Crippen LogP contribution in [0, 0.1) is 19.8 Å². The highest BCUT2D eigenvalue weighted by atomic mass is 15.2. The predicted molar refractivity (Wildman–Crippen MR) is 86.5 cm³/mol. The minimum absolute atomic E-state index is 0.698. The SMILES string of the molecule is Cc1ccc(C)c(N2CCNC(C3CCCCC3)C2)c1. The Morgan fingerprint density at radius 1 is 1.10 bits per heavy atom. The number of piperazine rings is 1. The first-order valence-corrected chi connectivity index (χ1v) is 8.29. The zero-order valence-corrected chi connectivity index (χ0v) is 13.0. The number of nitrogens with zero attached hydrogens (tertiary/aromatic N) is 1. The van der Waals surface area contributed by atoms with Crippen molar-refractivity contribution in [3.63, 3.8) is 0 Å². The first-order valence-electron chi connectivity index (χ1n) is 8.29. The van der Waals surface area contributed by atoms with Gasteiger partial charge in [0.05, 0.1) is 0 Å². The van der Waals surface area contributed by atoms with E-state index in [1.807, 2.05) is 0 Å². The van der Waals surface area contributed by atoms with Gasteiger partial charge in [-0.25, -0.2) is 0 Å². The van der Waals surface area contributed by atoms with Crippen LogP contribution in [0.15, 0.2) is 18.2 Å². The van der Waals surface area contributed by atoms with E-state index >= 15 is 0 Å². The third-order valence-corrected chi connectivity index (χ3v) is 5.13. The van der Waals surface area contributed by atoms with E-state index in [9.17, 15) is 0 Å². The zero-order chi connectivity index (χ0) is 13.9. The maximum absolute atomic E-state index is 3.78. The van der Waals surface area contributed by atoms with E-state index in [1.165, 1.54) is 55.5 Å². The van der Waals surface area contributed by atoms with E-state index in [1.54, 1.807) is 0 Å². The van der Waals surface area contributed by atoms with Gasteiger partial charge in [-0.3, -0.25) is 0 Å². The molecule has 2 heteroatoms. The van der Waals surface area contributed by atoms with Crippen molar-refractivity contribution >= 4 is 5.69 Å². The molecule has 1 aliphatic heterocycles. The Hall–Kier alpha value is -1.02. The molecule has 1 aliphatic carbocycles. The lowest BCUT2D eigenvalue weighted by atomic mass is 9.83. The molecular formula is C18H28N2. The summed E-state index contributed by atoms with van der Waals surface area (Å²) in [5.41, 5.74) is 4.24. The van der Waals surface area contributed by atoms with Crippen molar-refractivity contribution < 1.29 is 0 Å². The fraction of sp³-hybridized carbons (Fsp3) is 0.667. The van der Waals surface area contributed by atoms with Gasteiger partial charge in [-0.2, -0.15) is 0 Å². The first kappa shape index (κ1) is 13.9. The van der Waals surface area contributed by atoms with Crippen molar-refractivity contribution in [2.45, 2.75) is 52.0 Å². The van der Waals surface area contributed by atoms with Crippen molar-refractivity contribution in [2.75, 3.05) is 24.5 Å². The Bertz CT molecular complexity index is 449. The van der Waals surface area contributed by atoms with Gasteiger partial charge in [-0.1, -0.05) is 31.4 Å². The van der Waals surface area contributed by atoms with Gasteiger partial charge in [-0.15, -0.1) is 0 Å². The van der Waals surface area contributed by atoms with E-state index in [-0.39, 0.29) is 0 Å². The highest BCUT2D eigenvalue weighted by molar-refractivity contribution is 5.55. The number of anilines is 1. The molecule has 1 aromatic carbocycles. The third-order valence-electron chi connectivity index (χ3n) is 5.13. The topological polar surface area (TPSA) is 15.3 Å². The summed E-state index contributed by atoms with van der Waals surface area (Å²) in [5.74, 6) is 0.900. The Morgan fingerprint density at radius 2 is 1.90 bits per heavy atom. The van der Waals surface area contributed by atoms with Gasteiger partial charge in [0.1, 0.15) is 0 Å². The number of rotatable bonds is 2. The lowest BCUT2D eigenvalue weighted by Crippen LogP contribution is -2.54. The van der Waals surface area contributed by atoms with Crippen LogP contribution in [0.4, 0.5) is 5.69 Å². The summed E-state index contributed by atoms with van der Waals surface area (Å²) in [7, 11) is 0. The summed E-state index contributed by atoms with van der Waals surface area (Å²) >= 11 is 0. The molecule has 1 heterocycles. The molecule has 2 nitrogen and oxygen atoms in total. The number of aryl methyl sites for hydroxylation is 2. The Morgan fingerprint density at radius 3 is 2.70 bits per heavy atom. The standard InChI is InChI=1S/C18H28N2/c1-14-8-9-15(2)18(12-14)20-11-10-19-17(13-20)16-6-4-3-5-7-16/h8-9,12,16-17,19H,3-7,10-11,13H2,1-2H3. The quantitative estimate of drug-likeness (QED) is 0.884. The van der Waals surface area contributed by atoms with Crippen molar-refractivity contribution in [1.29, 1.82) is 0 Å². The zero-order valence-electron chi connectivity index (χ0n) is 13.0. The van der Waals surface area contributed by atoms with Crippen LogP contribution in [0.5, 0.6) is 0 Å². The molecule has 1 atom stereocenters. The summed E-state index contributed by atoms with van der Waals surface area (Å²) in [6.45, 7) is 7.91. The minimum atomic E-state index is 0.698. The molecule has 0 amide bonds. The predicted octanol–water partition coefficient (Wildman–Crippen LogP) is 3.66. The van der Waals surface area contributed by atoms with Crippen molar-refractivity contribution in [3.8, 4) is 0 Å². The number of nitrogens with one attached hydrogen (secondary N) is 1. The van der Waals surface area contributed by atoms with E-state index in [0.29, 0.717) is 6.04 Å². The monoisotopic (exact) mass is 272 g/mol. The molecule has 20 heavy (non-hydrogen) atoms. The first-order chi connectivity index (χ1) is 9.74. The van der Waals surface area contributed by atoms with Crippen LogP contribution in [0.1, 0.15) is 43.2 Å². The van der Waals surface area contributed by atoms with E-state index < -0.39 is 0 Å². The van der Waals surface area contributed by atoms with Crippen molar-refractivity contribution in [1.82, 2.24) is 5.32 Å². The number of hydrogen-bond acceptors (Lipinski definition) is 2. The van der Waals surface area contributed by atoms with Crippen molar-refractivity contribution in [3.05, 3.63) is 29.3 Å². The lowest BCUT2D eigenvalue weighted by molar-refractivity contribution is 0.257. The average Bonchev–Trinajstić information content (AvgIpc) is 2.51. The summed E-state index contributed by atoms with van der Waals surface area (Å²) in [6.07, 6.45) is 7.18. The summed E-state index contributed by atoms with van der Waals surface area (Å²) in [6, 6.07) is 7.55. The molecule has 1 saturated carbocycles. The second-order valence-electron chi connectivity index (χ2n) is 6.69. The second kappa shape index (κ2) is 6.17. The largest absolute Gasteiger partial charge is 0.368 e. The van der Waals surface area contributed by atoms with Crippen LogP contribution >= 0.6 is 0 Å². The average molecular weight is 272 g/mol. The fourth-order valence-electron chi connectivity index (χ4n) is 3.91. The third kappa shape index (κ3) is 3.01. The molecule has 2 aliphatic rings. The number of benzene rings is 1. The maximum Gasteiger partial charge on any atom is 0.0399 e. The van der Waals surface area contributed by atoms with Crippen molar-refractivity contribution in [2.24, 2.45) is 5.92 Å². The van der Waals surface area contributed by atoms with Crippen LogP contribution in [0.3, 0.4) is 0 Å². The molecule has 110 valence electrons. The molecule has 1 aromatic rings. The molecule has 0 aromatic heterocycles. The van der Waals surface area contributed by atoms with Gasteiger partial charge in [0.15, 0.2) is 0 Å². The molecule has 0 bridgehead atoms. The molecule has 3 rings (SSSR count). The lowest BCUT2D eigenvalue weighted by Gasteiger charge is -2.41. The molecule has 1 unspecified atom stereocenters. The van der Waals surface area contributed by atoms with Gasteiger partial charge in [0.2, 0.25) is 0 Å². The Labute approximate surface area is 123 Å². The van der Waals surface area contributed by atoms with Gasteiger partial charge in [0, 0.05) is 31.4 Å². The van der Waals surface area contributed by atoms with Crippen LogP contribution < -0.4 is 10.2 Å². The molecule has 0 spiro atoms. The van der Waals surface area contributed by atoms with Gasteiger partial charge in [0.25, 0.3) is 0 Å². The highest BCUT2D eigenvalue weighted by Gasteiger charge is 2.28. The van der Waals surface area contributed by atoms with Crippen LogP contribution in [0.25, 0.3) is 0 Å².